The van der Waals surface area contributed by atoms with E-state index in [1.807, 2.05) is 0 Å². The molecule has 0 aromatic heterocycles. The van der Waals surface area contributed by atoms with E-state index < -0.39 is 14.6 Å². The van der Waals surface area contributed by atoms with Crippen LogP contribution in [0.3, 0.4) is 0 Å². The van der Waals surface area contributed by atoms with Crippen LogP contribution in [0, 0.1) is 5.92 Å². The molecule has 1 fully saturated rings. The van der Waals surface area contributed by atoms with Gasteiger partial charge in [-0.1, -0.05) is 13.3 Å². The molecule has 102 valence electrons. The minimum Gasteiger partial charge on any atom is -0.314 e. The van der Waals surface area contributed by atoms with Crippen molar-refractivity contribution in [3.05, 3.63) is 0 Å². The van der Waals surface area contributed by atoms with E-state index >= 15 is 0 Å². The second kappa shape index (κ2) is 5.70. The second-order valence-corrected chi connectivity index (χ2v) is 9.03. The zero-order valence-corrected chi connectivity index (χ0v) is 12.4. The van der Waals surface area contributed by atoms with Gasteiger partial charge < -0.3 is 5.32 Å². The molecule has 1 aliphatic rings. The maximum atomic E-state index is 12.0. The van der Waals surface area contributed by atoms with Gasteiger partial charge in [-0.05, 0) is 52.5 Å². The highest BCUT2D eigenvalue weighted by Crippen LogP contribution is 2.23. The molecule has 0 amide bonds. The molecular formula is C13H27NO2S. The monoisotopic (exact) mass is 261 g/mol. The first-order valence-electron chi connectivity index (χ1n) is 6.72. The molecule has 1 heterocycles. The van der Waals surface area contributed by atoms with Crippen molar-refractivity contribution >= 4 is 9.84 Å². The maximum Gasteiger partial charge on any atom is 0.155 e. The lowest BCUT2D eigenvalue weighted by Crippen LogP contribution is -2.40. The number of nitrogens with one attached hydrogen (secondary N) is 1. The van der Waals surface area contributed by atoms with Gasteiger partial charge in [0.1, 0.15) is 0 Å². The van der Waals surface area contributed by atoms with Crippen LogP contribution in [0.2, 0.25) is 0 Å². The third kappa shape index (κ3) is 4.25. The highest BCUT2D eigenvalue weighted by Gasteiger charge is 2.30. The minimum atomic E-state index is -2.96. The Kier molecular flexibility index (Phi) is 5.02. The topological polar surface area (TPSA) is 46.2 Å². The van der Waals surface area contributed by atoms with E-state index in [-0.39, 0.29) is 0 Å². The fraction of sp³-hybridized carbons (Fsp3) is 1.00. The van der Waals surface area contributed by atoms with Gasteiger partial charge in [-0.3, -0.25) is 0 Å². The van der Waals surface area contributed by atoms with Crippen LogP contribution in [0.4, 0.5) is 0 Å². The fourth-order valence-corrected chi connectivity index (χ4v) is 3.50. The van der Waals surface area contributed by atoms with Crippen LogP contribution < -0.4 is 5.32 Å². The molecule has 1 aliphatic heterocycles. The van der Waals surface area contributed by atoms with Crippen molar-refractivity contribution in [1.82, 2.24) is 5.32 Å². The Morgan fingerprint density at radius 1 is 1.29 bits per heavy atom. The van der Waals surface area contributed by atoms with E-state index in [0.717, 1.165) is 25.3 Å². The van der Waals surface area contributed by atoms with Gasteiger partial charge >= 0.3 is 0 Å². The summed E-state index contributed by atoms with van der Waals surface area (Å²) < 4.78 is 23.4. The quantitative estimate of drug-likeness (QED) is 0.845. The third-order valence-electron chi connectivity index (χ3n) is 3.85. The van der Waals surface area contributed by atoms with Crippen molar-refractivity contribution in [1.29, 1.82) is 0 Å². The highest BCUT2D eigenvalue weighted by molar-refractivity contribution is 7.92. The van der Waals surface area contributed by atoms with Gasteiger partial charge in [-0.25, -0.2) is 8.42 Å². The van der Waals surface area contributed by atoms with Gasteiger partial charge in [0, 0.05) is 6.04 Å². The Hall–Kier alpha value is -0.0900. The van der Waals surface area contributed by atoms with E-state index in [0.29, 0.717) is 11.8 Å². The van der Waals surface area contributed by atoms with Crippen LogP contribution in [-0.4, -0.2) is 31.5 Å². The Balaban J connectivity index is 2.46. The molecule has 4 heteroatoms. The van der Waals surface area contributed by atoms with Gasteiger partial charge in [0.2, 0.25) is 0 Å². The molecule has 1 saturated heterocycles. The minimum absolute atomic E-state index is 0.310. The van der Waals surface area contributed by atoms with E-state index in [9.17, 15) is 8.42 Å². The number of hydrogen-bond acceptors (Lipinski definition) is 3. The SMILES string of the molecule is CCC1CCNC(CCS(=O)(=O)C(C)(C)C)C1. The van der Waals surface area contributed by atoms with Crippen molar-refractivity contribution in [3.8, 4) is 0 Å². The van der Waals surface area contributed by atoms with Crippen molar-refractivity contribution in [2.75, 3.05) is 12.3 Å². The zero-order valence-electron chi connectivity index (χ0n) is 11.6. The summed E-state index contributed by atoms with van der Waals surface area (Å²) in [5.74, 6) is 1.09. The summed E-state index contributed by atoms with van der Waals surface area (Å²) in [5.41, 5.74) is 0. The van der Waals surface area contributed by atoms with Gasteiger partial charge in [0.25, 0.3) is 0 Å². The summed E-state index contributed by atoms with van der Waals surface area (Å²) in [4.78, 5) is 0. The van der Waals surface area contributed by atoms with Crippen LogP contribution in [0.15, 0.2) is 0 Å². The number of hydrogen-bond donors (Lipinski definition) is 1. The predicted molar refractivity (Wildman–Crippen MR) is 73.0 cm³/mol. The Labute approximate surface area is 106 Å². The summed E-state index contributed by atoms with van der Waals surface area (Å²) in [7, 11) is -2.96. The molecule has 0 spiro atoms. The van der Waals surface area contributed by atoms with Crippen LogP contribution in [0.1, 0.15) is 53.4 Å². The fourth-order valence-electron chi connectivity index (χ4n) is 2.29. The van der Waals surface area contributed by atoms with Crippen LogP contribution in [0.25, 0.3) is 0 Å². The van der Waals surface area contributed by atoms with E-state index in [1.165, 1.54) is 12.8 Å². The molecular weight excluding hydrogens is 234 g/mol. The van der Waals surface area contributed by atoms with Crippen LogP contribution in [-0.2, 0) is 9.84 Å². The molecule has 0 aromatic carbocycles. The highest BCUT2D eigenvalue weighted by atomic mass is 32.2. The normalized spacial score (nSPS) is 27.1. The molecule has 17 heavy (non-hydrogen) atoms. The summed E-state index contributed by atoms with van der Waals surface area (Å²) in [5, 5.41) is 3.44. The first-order valence-corrected chi connectivity index (χ1v) is 8.37. The lowest BCUT2D eigenvalue weighted by Gasteiger charge is -2.30. The predicted octanol–water partition coefficient (Wildman–Crippen LogP) is 2.37. The first-order chi connectivity index (χ1) is 7.76. The zero-order chi connectivity index (χ0) is 13.1. The number of piperidine rings is 1. The third-order valence-corrected chi connectivity index (χ3v) is 6.49. The number of sulfone groups is 1. The molecule has 1 N–H and O–H groups in total. The van der Waals surface area contributed by atoms with Crippen molar-refractivity contribution in [2.24, 2.45) is 5.92 Å². The average molecular weight is 261 g/mol. The van der Waals surface area contributed by atoms with Crippen LogP contribution in [0.5, 0.6) is 0 Å². The molecule has 0 aliphatic carbocycles. The average Bonchev–Trinajstić information content (AvgIpc) is 2.25. The first kappa shape index (κ1) is 15.0. The molecule has 1 rings (SSSR count). The van der Waals surface area contributed by atoms with Crippen LogP contribution >= 0.6 is 0 Å². The van der Waals surface area contributed by atoms with Gasteiger partial charge in [-0.15, -0.1) is 0 Å². The van der Waals surface area contributed by atoms with Crippen molar-refractivity contribution in [2.45, 2.75) is 64.2 Å². The Morgan fingerprint density at radius 2 is 1.94 bits per heavy atom. The molecule has 0 radical (unpaired) electrons. The lowest BCUT2D eigenvalue weighted by molar-refractivity contribution is 0.290. The molecule has 0 bridgehead atoms. The van der Waals surface area contributed by atoms with Crippen molar-refractivity contribution < 1.29 is 8.42 Å². The molecule has 0 saturated carbocycles. The molecule has 3 nitrogen and oxygen atoms in total. The largest absolute Gasteiger partial charge is 0.314 e. The van der Waals surface area contributed by atoms with E-state index in [4.69, 9.17) is 0 Å². The standard InChI is InChI=1S/C13H27NO2S/c1-5-11-6-8-14-12(10-11)7-9-17(15,16)13(2,3)4/h11-12,14H,5-10H2,1-4H3. The smallest absolute Gasteiger partial charge is 0.155 e. The summed E-state index contributed by atoms with van der Waals surface area (Å²) in [6, 6.07) is 0.394. The van der Waals surface area contributed by atoms with E-state index in [1.54, 1.807) is 20.8 Å². The molecule has 0 aromatic rings. The summed E-state index contributed by atoms with van der Waals surface area (Å²) in [6.07, 6.45) is 4.34. The van der Waals surface area contributed by atoms with Gasteiger partial charge in [-0.2, -0.15) is 0 Å². The van der Waals surface area contributed by atoms with Gasteiger partial charge in [0.05, 0.1) is 10.5 Å². The lowest BCUT2D eigenvalue weighted by atomic mass is 9.89. The van der Waals surface area contributed by atoms with E-state index in [2.05, 4.69) is 12.2 Å². The Bertz CT molecular complexity index is 330. The summed E-state index contributed by atoms with van der Waals surface area (Å²) >= 11 is 0. The van der Waals surface area contributed by atoms with Crippen molar-refractivity contribution in [3.63, 3.8) is 0 Å². The molecule has 2 unspecified atom stereocenters. The number of rotatable bonds is 4. The summed E-state index contributed by atoms with van der Waals surface area (Å²) in [6.45, 7) is 8.61. The second-order valence-electron chi connectivity index (χ2n) is 6.17. The van der Waals surface area contributed by atoms with Gasteiger partial charge in [0.15, 0.2) is 9.84 Å². The molecule has 2 atom stereocenters. The Morgan fingerprint density at radius 3 is 2.47 bits per heavy atom. The maximum absolute atomic E-state index is 12.0.